The number of hydrogen-bond donors (Lipinski definition) is 0. The molecule has 0 spiro atoms. The predicted octanol–water partition coefficient (Wildman–Crippen LogP) is 4.75. The summed E-state index contributed by atoms with van der Waals surface area (Å²) >= 11 is 1.62. The van der Waals surface area contributed by atoms with Gasteiger partial charge in [0.1, 0.15) is 23.9 Å². The van der Waals surface area contributed by atoms with Crippen LogP contribution in [0.3, 0.4) is 0 Å². The molecule has 0 saturated carbocycles. The average molecular weight is 547 g/mol. The molecule has 1 unspecified atom stereocenters. The lowest BCUT2D eigenvalue weighted by Gasteiger charge is -2.37. The third-order valence-corrected chi connectivity index (χ3v) is 9.02. The van der Waals surface area contributed by atoms with E-state index in [2.05, 4.69) is 0 Å². The summed E-state index contributed by atoms with van der Waals surface area (Å²) in [5.41, 5.74) is 0.981. The molecule has 2 aromatic carbocycles. The van der Waals surface area contributed by atoms with Crippen LogP contribution in [0.15, 0.2) is 64.9 Å². The second-order valence-electron chi connectivity index (χ2n) is 9.29. The molecule has 0 radical (unpaired) electrons. The molecule has 1 aliphatic heterocycles. The van der Waals surface area contributed by atoms with Gasteiger partial charge in [-0.25, -0.2) is 12.8 Å². The van der Waals surface area contributed by atoms with Gasteiger partial charge in [0.2, 0.25) is 15.9 Å². The maximum absolute atomic E-state index is 13.7. The maximum Gasteiger partial charge on any atom is 0.243 e. The molecule has 0 aliphatic carbocycles. The molecule has 3 aromatic rings. The number of sulfonamides is 1. The van der Waals surface area contributed by atoms with Gasteiger partial charge >= 0.3 is 0 Å². The molecule has 0 N–H and O–H groups in total. The maximum atomic E-state index is 13.7. The van der Waals surface area contributed by atoms with E-state index in [1.807, 2.05) is 25.3 Å². The zero-order valence-corrected chi connectivity index (χ0v) is 22.7. The van der Waals surface area contributed by atoms with E-state index in [9.17, 15) is 17.6 Å². The molecule has 1 aliphatic rings. The molecule has 37 heavy (non-hydrogen) atoms. The van der Waals surface area contributed by atoms with E-state index >= 15 is 0 Å². The summed E-state index contributed by atoms with van der Waals surface area (Å²) in [4.78, 5) is 16.6. The largest absolute Gasteiger partial charge is 0.497 e. The van der Waals surface area contributed by atoms with Crippen molar-refractivity contribution in [3.63, 3.8) is 0 Å². The fourth-order valence-electron chi connectivity index (χ4n) is 4.40. The normalized spacial score (nSPS) is 15.6. The molecule has 0 fully saturated rings. The third-order valence-electron chi connectivity index (χ3n) is 6.20. The molecular formula is C27H31FN2O5S2. The molecule has 7 nitrogen and oxygen atoms in total. The minimum absolute atomic E-state index is 0.0118. The smallest absolute Gasteiger partial charge is 0.243 e. The van der Waals surface area contributed by atoms with Crippen LogP contribution >= 0.6 is 11.3 Å². The van der Waals surface area contributed by atoms with E-state index in [4.69, 9.17) is 9.47 Å². The number of ether oxygens (including phenoxy) is 2. The van der Waals surface area contributed by atoms with Crippen LogP contribution in [0.1, 0.15) is 30.3 Å². The second-order valence-corrected chi connectivity index (χ2v) is 12.2. The van der Waals surface area contributed by atoms with Crippen molar-refractivity contribution in [3.8, 4) is 11.5 Å². The molecule has 10 heteroatoms. The molecule has 1 amide bonds. The number of hydrogen-bond acceptors (Lipinski definition) is 6. The molecule has 1 atom stereocenters. The number of benzene rings is 2. The van der Waals surface area contributed by atoms with Crippen LogP contribution in [0.5, 0.6) is 11.5 Å². The first kappa shape index (κ1) is 27.1. The van der Waals surface area contributed by atoms with Crippen LogP contribution in [0, 0.1) is 11.7 Å². The van der Waals surface area contributed by atoms with Crippen LogP contribution in [0.4, 0.5) is 4.39 Å². The molecule has 198 valence electrons. The lowest BCUT2D eigenvalue weighted by atomic mass is 10.0. The average Bonchev–Trinajstić information content (AvgIpc) is 3.36. The third kappa shape index (κ3) is 6.31. The summed E-state index contributed by atoms with van der Waals surface area (Å²) in [6, 6.07) is 13.6. The SMILES string of the molecule is COc1ccc(S(=O)(=O)N(CC(=O)N2CCc3sccc3C2COc2cccc(F)c2)CC(C)C)cc1. The first-order valence-electron chi connectivity index (χ1n) is 12.1. The summed E-state index contributed by atoms with van der Waals surface area (Å²) in [5.74, 6) is 0.225. The molecule has 4 rings (SSSR count). The van der Waals surface area contributed by atoms with Gasteiger partial charge in [0.15, 0.2) is 0 Å². The number of carbonyl (C=O) groups excluding carboxylic acids is 1. The second kappa shape index (κ2) is 11.6. The van der Waals surface area contributed by atoms with Crippen molar-refractivity contribution in [1.82, 2.24) is 9.21 Å². The number of thiophene rings is 1. The Labute approximate surface area is 221 Å². The van der Waals surface area contributed by atoms with E-state index in [-0.39, 0.29) is 36.4 Å². The van der Waals surface area contributed by atoms with E-state index in [1.54, 1.807) is 40.5 Å². The molecule has 2 heterocycles. The van der Waals surface area contributed by atoms with E-state index in [0.29, 0.717) is 24.5 Å². The van der Waals surface area contributed by atoms with Gasteiger partial charge < -0.3 is 14.4 Å². The van der Waals surface area contributed by atoms with Crippen molar-refractivity contribution < 1.29 is 27.1 Å². The monoisotopic (exact) mass is 546 g/mol. The number of fused-ring (bicyclic) bond motifs is 1. The highest BCUT2D eigenvalue weighted by atomic mass is 32.2. The molecule has 0 bridgehead atoms. The van der Waals surface area contributed by atoms with Crippen LogP contribution in [0.2, 0.25) is 0 Å². The quantitative estimate of drug-likeness (QED) is 0.367. The lowest BCUT2D eigenvalue weighted by Crippen LogP contribution is -2.48. The van der Waals surface area contributed by atoms with Crippen molar-refractivity contribution in [2.75, 3.05) is 33.4 Å². The Morgan fingerprint density at radius 1 is 1.16 bits per heavy atom. The fourth-order valence-corrected chi connectivity index (χ4v) is 6.88. The van der Waals surface area contributed by atoms with Crippen molar-refractivity contribution in [2.45, 2.75) is 31.2 Å². The summed E-state index contributed by atoms with van der Waals surface area (Å²) in [6.07, 6.45) is 0.685. The van der Waals surface area contributed by atoms with E-state index in [0.717, 1.165) is 5.56 Å². The van der Waals surface area contributed by atoms with Crippen LogP contribution < -0.4 is 9.47 Å². The number of rotatable bonds is 10. The Kier molecular flexibility index (Phi) is 8.51. The van der Waals surface area contributed by atoms with Gasteiger partial charge in [-0.3, -0.25) is 4.79 Å². The van der Waals surface area contributed by atoms with Gasteiger partial charge in [0.25, 0.3) is 0 Å². The van der Waals surface area contributed by atoms with Crippen molar-refractivity contribution in [1.29, 1.82) is 0 Å². The van der Waals surface area contributed by atoms with Crippen molar-refractivity contribution in [3.05, 3.63) is 76.2 Å². The number of halogens is 1. The molecule has 1 aromatic heterocycles. The standard InChI is InChI=1S/C27H31FN2O5S2/c1-19(2)16-29(37(32,33)23-9-7-21(34-3)8-10-23)17-27(31)30-13-11-26-24(12-14-36-26)25(30)18-35-22-6-4-5-20(28)15-22/h4-10,12,14-15,19,25H,11,13,16-18H2,1-3H3. The van der Waals surface area contributed by atoms with Crippen molar-refractivity contribution in [2.24, 2.45) is 5.92 Å². The first-order valence-corrected chi connectivity index (χ1v) is 14.4. The van der Waals surface area contributed by atoms with E-state index in [1.165, 1.54) is 40.6 Å². The number of methoxy groups -OCH3 is 1. The minimum atomic E-state index is -3.92. The van der Waals surface area contributed by atoms with E-state index < -0.39 is 21.9 Å². The summed E-state index contributed by atoms with van der Waals surface area (Å²) in [7, 11) is -2.41. The summed E-state index contributed by atoms with van der Waals surface area (Å²) < 4.78 is 53.0. The Balaban J connectivity index is 1.57. The Morgan fingerprint density at radius 2 is 1.92 bits per heavy atom. The highest BCUT2D eigenvalue weighted by Gasteiger charge is 2.35. The van der Waals surface area contributed by atoms with Gasteiger partial charge in [0.05, 0.1) is 24.6 Å². The number of amides is 1. The van der Waals surface area contributed by atoms with Crippen molar-refractivity contribution >= 4 is 27.3 Å². The molecular weight excluding hydrogens is 515 g/mol. The van der Waals surface area contributed by atoms with Gasteiger partial charge in [-0.15, -0.1) is 11.3 Å². The Morgan fingerprint density at radius 3 is 2.59 bits per heavy atom. The highest BCUT2D eigenvalue weighted by Crippen LogP contribution is 2.34. The summed E-state index contributed by atoms with van der Waals surface area (Å²) in [5, 5.41) is 1.98. The Bertz CT molecular complexity index is 1320. The molecule has 0 saturated heterocycles. The van der Waals surface area contributed by atoms with Gasteiger partial charge in [-0.2, -0.15) is 4.31 Å². The van der Waals surface area contributed by atoms with Crippen LogP contribution in [-0.2, 0) is 21.2 Å². The van der Waals surface area contributed by atoms with Gasteiger partial charge in [-0.05, 0) is 65.7 Å². The zero-order valence-electron chi connectivity index (χ0n) is 21.1. The van der Waals surface area contributed by atoms with Crippen LogP contribution in [-0.4, -0.2) is 56.9 Å². The Hall–Kier alpha value is -2.95. The highest BCUT2D eigenvalue weighted by molar-refractivity contribution is 7.89. The lowest BCUT2D eigenvalue weighted by molar-refractivity contribution is -0.135. The first-order chi connectivity index (χ1) is 17.7. The minimum Gasteiger partial charge on any atom is -0.497 e. The topological polar surface area (TPSA) is 76.2 Å². The zero-order chi connectivity index (χ0) is 26.6. The summed E-state index contributed by atoms with van der Waals surface area (Å²) in [6.45, 7) is 4.31. The van der Waals surface area contributed by atoms with Crippen LogP contribution in [0.25, 0.3) is 0 Å². The van der Waals surface area contributed by atoms with Gasteiger partial charge in [0, 0.05) is 24.0 Å². The number of carbonyl (C=O) groups is 1. The fraction of sp³-hybridized carbons (Fsp3) is 0.370. The number of nitrogens with zero attached hydrogens (tertiary/aromatic N) is 2. The van der Waals surface area contributed by atoms with Gasteiger partial charge in [-0.1, -0.05) is 19.9 Å². The predicted molar refractivity (Wildman–Crippen MR) is 141 cm³/mol.